The van der Waals surface area contributed by atoms with Crippen molar-refractivity contribution in [3.05, 3.63) is 71.2 Å². The lowest BCUT2D eigenvalue weighted by Gasteiger charge is -2.09. The summed E-state index contributed by atoms with van der Waals surface area (Å²) in [6.45, 7) is 1.25. The van der Waals surface area contributed by atoms with E-state index in [1.54, 1.807) is 18.2 Å². The zero-order valence-corrected chi connectivity index (χ0v) is 17.1. The number of pyridine rings is 1. The van der Waals surface area contributed by atoms with Crippen LogP contribution in [0.4, 0.5) is 13.2 Å². The van der Waals surface area contributed by atoms with Crippen LogP contribution in [0.2, 0.25) is 0 Å². The summed E-state index contributed by atoms with van der Waals surface area (Å²) in [6.07, 6.45) is -2.63. The number of rotatable bonds is 7. The molecule has 11 heteroatoms. The number of carbonyl (C=O) groups excluding carboxylic acids is 2. The minimum Gasteiger partial charge on any atom is -0.497 e. The number of hydrogen-bond donors (Lipinski definition) is 1. The lowest BCUT2D eigenvalue weighted by molar-refractivity contribution is -0.137. The summed E-state index contributed by atoms with van der Waals surface area (Å²) >= 11 is 0. The number of ether oxygens (including phenoxy) is 2. The first-order valence-electron chi connectivity index (χ1n) is 9.34. The standard InChI is InChI=1S/C21H19F3N4O4/c1-13-17(11-27-28(13)18-7-6-15(10-25-18)21(22,23)24)20(30)32-12-19(29)26-9-14-4-3-5-16(8-14)31-2/h3-8,10-11H,9,12H2,1-2H3,(H,26,29). The molecule has 32 heavy (non-hydrogen) atoms. The minimum atomic E-state index is -4.51. The highest BCUT2D eigenvalue weighted by Gasteiger charge is 2.31. The van der Waals surface area contributed by atoms with E-state index in [-0.39, 0.29) is 17.9 Å². The predicted molar refractivity (Wildman–Crippen MR) is 106 cm³/mol. The maximum Gasteiger partial charge on any atom is 0.417 e. The molecule has 0 saturated heterocycles. The van der Waals surface area contributed by atoms with E-state index in [9.17, 15) is 22.8 Å². The molecule has 1 N–H and O–H groups in total. The van der Waals surface area contributed by atoms with Crippen molar-refractivity contribution >= 4 is 11.9 Å². The zero-order chi connectivity index (χ0) is 23.3. The number of aromatic nitrogens is 3. The van der Waals surface area contributed by atoms with Crippen LogP contribution in [-0.2, 0) is 22.3 Å². The quantitative estimate of drug-likeness (QED) is 0.559. The lowest BCUT2D eigenvalue weighted by Crippen LogP contribution is -2.28. The fourth-order valence-corrected chi connectivity index (χ4v) is 2.76. The van der Waals surface area contributed by atoms with Gasteiger partial charge in [0.1, 0.15) is 11.3 Å². The molecule has 1 amide bonds. The molecular weight excluding hydrogens is 429 g/mol. The topological polar surface area (TPSA) is 95.3 Å². The van der Waals surface area contributed by atoms with Crippen LogP contribution in [0.3, 0.4) is 0 Å². The Bertz CT molecular complexity index is 1110. The third-order valence-corrected chi connectivity index (χ3v) is 4.48. The number of halogens is 3. The summed E-state index contributed by atoms with van der Waals surface area (Å²) in [6, 6.07) is 9.14. The van der Waals surface area contributed by atoms with Gasteiger partial charge in [-0.2, -0.15) is 18.3 Å². The van der Waals surface area contributed by atoms with Crippen molar-refractivity contribution in [2.45, 2.75) is 19.6 Å². The van der Waals surface area contributed by atoms with Crippen molar-refractivity contribution in [2.24, 2.45) is 0 Å². The van der Waals surface area contributed by atoms with Crippen LogP contribution in [0.5, 0.6) is 5.75 Å². The van der Waals surface area contributed by atoms with E-state index in [1.165, 1.54) is 24.9 Å². The third-order valence-electron chi connectivity index (χ3n) is 4.48. The number of nitrogens with one attached hydrogen (secondary N) is 1. The van der Waals surface area contributed by atoms with Crippen LogP contribution in [-0.4, -0.2) is 40.4 Å². The number of nitrogens with zero attached hydrogens (tertiary/aromatic N) is 3. The van der Waals surface area contributed by atoms with Crippen molar-refractivity contribution in [1.29, 1.82) is 0 Å². The predicted octanol–water partition coefficient (Wildman–Crippen LogP) is 3.08. The highest BCUT2D eigenvalue weighted by Crippen LogP contribution is 2.28. The minimum absolute atomic E-state index is 0.0623. The van der Waals surface area contributed by atoms with E-state index in [0.29, 0.717) is 17.6 Å². The Hall–Kier alpha value is -3.89. The SMILES string of the molecule is COc1cccc(CNC(=O)COC(=O)c2cnn(-c3ccc(C(F)(F)F)cn3)c2C)c1. The van der Waals surface area contributed by atoms with Gasteiger partial charge in [0.2, 0.25) is 0 Å². The van der Waals surface area contributed by atoms with E-state index >= 15 is 0 Å². The smallest absolute Gasteiger partial charge is 0.417 e. The molecular formula is C21H19F3N4O4. The van der Waals surface area contributed by atoms with Gasteiger partial charge in [-0.15, -0.1) is 0 Å². The molecule has 3 rings (SSSR count). The van der Waals surface area contributed by atoms with Gasteiger partial charge in [0.25, 0.3) is 5.91 Å². The van der Waals surface area contributed by atoms with Crippen LogP contribution in [0, 0.1) is 6.92 Å². The molecule has 0 aliphatic rings. The first-order valence-corrected chi connectivity index (χ1v) is 9.34. The monoisotopic (exact) mass is 448 g/mol. The van der Waals surface area contributed by atoms with Crippen molar-refractivity contribution in [1.82, 2.24) is 20.1 Å². The van der Waals surface area contributed by atoms with Crippen LogP contribution >= 0.6 is 0 Å². The van der Waals surface area contributed by atoms with Gasteiger partial charge in [0.05, 0.1) is 24.6 Å². The van der Waals surface area contributed by atoms with Gasteiger partial charge >= 0.3 is 12.1 Å². The van der Waals surface area contributed by atoms with Crippen LogP contribution in [0.25, 0.3) is 5.82 Å². The lowest BCUT2D eigenvalue weighted by atomic mass is 10.2. The second-order valence-electron chi connectivity index (χ2n) is 6.66. The molecule has 0 bridgehead atoms. The highest BCUT2D eigenvalue weighted by atomic mass is 19.4. The Kier molecular flexibility index (Phi) is 6.76. The molecule has 1 aromatic carbocycles. The van der Waals surface area contributed by atoms with Gasteiger partial charge in [-0.25, -0.2) is 14.5 Å². The Morgan fingerprint density at radius 3 is 2.59 bits per heavy atom. The number of amides is 1. The number of methoxy groups -OCH3 is 1. The average molecular weight is 448 g/mol. The molecule has 2 heterocycles. The first kappa shape index (κ1) is 22.8. The van der Waals surface area contributed by atoms with Gasteiger partial charge in [0.15, 0.2) is 12.4 Å². The number of benzene rings is 1. The normalized spacial score (nSPS) is 11.2. The van der Waals surface area contributed by atoms with Gasteiger partial charge in [0, 0.05) is 12.7 Å². The van der Waals surface area contributed by atoms with E-state index in [4.69, 9.17) is 9.47 Å². The number of hydrogen-bond acceptors (Lipinski definition) is 6. The molecule has 8 nitrogen and oxygen atoms in total. The van der Waals surface area contributed by atoms with Crippen LogP contribution < -0.4 is 10.1 Å². The van der Waals surface area contributed by atoms with E-state index in [0.717, 1.165) is 17.7 Å². The summed E-state index contributed by atoms with van der Waals surface area (Å²) in [5, 5.41) is 6.60. The number of alkyl halides is 3. The molecule has 0 atom stereocenters. The van der Waals surface area contributed by atoms with Crippen molar-refractivity contribution < 1.29 is 32.2 Å². The summed E-state index contributed by atoms with van der Waals surface area (Å²) in [5.74, 6) is -0.545. The number of carbonyl (C=O) groups is 2. The molecule has 0 fully saturated rings. The Morgan fingerprint density at radius 1 is 1.16 bits per heavy atom. The maximum atomic E-state index is 12.7. The summed E-state index contributed by atoms with van der Waals surface area (Å²) < 4.78 is 49.4. The molecule has 0 aliphatic carbocycles. The fourth-order valence-electron chi connectivity index (χ4n) is 2.76. The Balaban J connectivity index is 1.57. The van der Waals surface area contributed by atoms with E-state index in [1.807, 2.05) is 6.07 Å². The fraction of sp³-hybridized carbons (Fsp3) is 0.238. The van der Waals surface area contributed by atoms with Crippen LogP contribution in [0.15, 0.2) is 48.8 Å². The largest absolute Gasteiger partial charge is 0.497 e. The molecule has 168 valence electrons. The average Bonchev–Trinajstić information content (AvgIpc) is 3.17. The second kappa shape index (κ2) is 9.50. The zero-order valence-electron chi connectivity index (χ0n) is 17.1. The Morgan fingerprint density at radius 2 is 1.94 bits per heavy atom. The Labute approximate surface area is 181 Å². The van der Waals surface area contributed by atoms with Crippen molar-refractivity contribution in [3.8, 4) is 11.6 Å². The van der Waals surface area contributed by atoms with Gasteiger partial charge in [-0.3, -0.25) is 4.79 Å². The molecule has 0 aliphatic heterocycles. The highest BCUT2D eigenvalue weighted by molar-refractivity contribution is 5.92. The summed E-state index contributed by atoms with van der Waals surface area (Å²) in [5.41, 5.74) is 0.280. The molecule has 0 saturated carbocycles. The maximum absolute atomic E-state index is 12.7. The third kappa shape index (κ3) is 5.42. The van der Waals surface area contributed by atoms with E-state index < -0.39 is 30.2 Å². The van der Waals surface area contributed by atoms with Gasteiger partial charge < -0.3 is 14.8 Å². The summed E-state index contributed by atoms with van der Waals surface area (Å²) in [7, 11) is 1.54. The van der Waals surface area contributed by atoms with Gasteiger partial charge in [-0.05, 0) is 36.8 Å². The molecule has 0 radical (unpaired) electrons. The molecule has 2 aromatic heterocycles. The molecule has 3 aromatic rings. The molecule has 0 unspecified atom stereocenters. The van der Waals surface area contributed by atoms with Gasteiger partial charge in [-0.1, -0.05) is 12.1 Å². The van der Waals surface area contributed by atoms with E-state index in [2.05, 4.69) is 15.4 Å². The van der Waals surface area contributed by atoms with Crippen molar-refractivity contribution in [2.75, 3.05) is 13.7 Å². The van der Waals surface area contributed by atoms with Crippen molar-refractivity contribution in [3.63, 3.8) is 0 Å². The first-order chi connectivity index (χ1) is 15.2. The van der Waals surface area contributed by atoms with Crippen LogP contribution in [0.1, 0.15) is 27.2 Å². The summed E-state index contributed by atoms with van der Waals surface area (Å²) in [4.78, 5) is 28.0. The number of esters is 1. The molecule has 0 spiro atoms. The second-order valence-corrected chi connectivity index (χ2v) is 6.66.